The lowest BCUT2D eigenvalue weighted by Crippen LogP contribution is -2.27. The Morgan fingerprint density at radius 2 is 2.12 bits per heavy atom. The Hall–Kier alpha value is -2.19. The molecule has 0 saturated heterocycles. The van der Waals surface area contributed by atoms with Gasteiger partial charge in [-0.3, -0.25) is 4.79 Å². The van der Waals surface area contributed by atoms with Crippen molar-refractivity contribution < 1.29 is 4.79 Å². The number of benzene rings is 1. The van der Waals surface area contributed by atoms with Gasteiger partial charge in [-0.1, -0.05) is 42.1 Å². The Morgan fingerprint density at radius 3 is 2.84 bits per heavy atom. The SMILES string of the molecule is Cc1nc(-c2ccccc2)sc1CC(=O)NCCSc1nncn1C. The van der Waals surface area contributed by atoms with E-state index in [1.807, 2.05) is 48.9 Å². The molecule has 0 atom stereocenters. The van der Waals surface area contributed by atoms with Crippen LogP contribution >= 0.6 is 23.1 Å². The van der Waals surface area contributed by atoms with Gasteiger partial charge < -0.3 is 9.88 Å². The highest BCUT2D eigenvalue weighted by Crippen LogP contribution is 2.27. The minimum atomic E-state index is 0.0185. The van der Waals surface area contributed by atoms with Gasteiger partial charge >= 0.3 is 0 Å². The summed E-state index contributed by atoms with van der Waals surface area (Å²) in [6.45, 7) is 2.55. The maximum atomic E-state index is 12.2. The summed E-state index contributed by atoms with van der Waals surface area (Å²) >= 11 is 3.15. The molecule has 3 rings (SSSR count). The van der Waals surface area contributed by atoms with Crippen LogP contribution in [0, 0.1) is 6.92 Å². The van der Waals surface area contributed by atoms with Crippen LogP contribution in [0.5, 0.6) is 0 Å². The van der Waals surface area contributed by atoms with E-state index in [4.69, 9.17) is 0 Å². The van der Waals surface area contributed by atoms with Crippen molar-refractivity contribution in [1.29, 1.82) is 0 Å². The Morgan fingerprint density at radius 1 is 1.32 bits per heavy atom. The van der Waals surface area contributed by atoms with Crippen molar-refractivity contribution in [2.45, 2.75) is 18.5 Å². The zero-order chi connectivity index (χ0) is 17.6. The summed E-state index contributed by atoms with van der Waals surface area (Å²) in [7, 11) is 1.90. The van der Waals surface area contributed by atoms with Crippen LogP contribution in [0.1, 0.15) is 10.6 Å². The predicted octanol–water partition coefficient (Wildman–Crippen LogP) is 2.70. The number of hydrogen-bond donors (Lipinski definition) is 1. The van der Waals surface area contributed by atoms with Crippen molar-refractivity contribution in [3.8, 4) is 10.6 Å². The highest BCUT2D eigenvalue weighted by Gasteiger charge is 2.12. The van der Waals surface area contributed by atoms with Crippen molar-refractivity contribution in [1.82, 2.24) is 25.1 Å². The average Bonchev–Trinajstić information content (AvgIpc) is 3.19. The number of nitrogens with zero attached hydrogens (tertiary/aromatic N) is 4. The first-order valence-corrected chi connectivity index (χ1v) is 9.69. The third-order valence-electron chi connectivity index (χ3n) is 3.56. The molecule has 0 aliphatic heterocycles. The van der Waals surface area contributed by atoms with Crippen LogP contribution in [0.25, 0.3) is 10.6 Å². The normalized spacial score (nSPS) is 10.8. The number of thioether (sulfide) groups is 1. The molecule has 25 heavy (non-hydrogen) atoms. The van der Waals surface area contributed by atoms with Crippen LogP contribution in [0.4, 0.5) is 0 Å². The van der Waals surface area contributed by atoms with E-state index >= 15 is 0 Å². The number of carbonyl (C=O) groups excluding carboxylic acids is 1. The molecule has 0 saturated carbocycles. The van der Waals surface area contributed by atoms with Crippen molar-refractivity contribution in [3.05, 3.63) is 47.2 Å². The largest absolute Gasteiger partial charge is 0.355 e. The maximum Gasteiger partial charge on any atom is 0.225 e. The number of hydrogen-bond acceptors (Lipinski definition) is 6. The van der Waals surface area contributed by atoms with Gasteiger partial charge in [0, 0.05) is 29.8 Å². The molecule has 1 amide bonds. The fraction of sp³-hybridized carbons (Fsp3) is 0.294. The fourth-order valence-electron chi connectivity index (χ4n) is 2.24. The van der Waals surface area contributed by atoms with Gasteiger partial charge in [0.05, 0.1) is 12.1 Å². The number of nitrogens with one attached hydrogen (secondary N) is 1. The number of thiazole rings is 1. The zero-order valence-electron chi connectivity index (χ0n) is 14.1. The van der Waals surface area contributed by atoms with Gasteiger partial charge in [-0.15, -0.1) is 21.5 Å². The molecule has 1 N–H and O–H groups in total. The molecule has 0 fully saturated rings. The van der Waals surface area contributed by atoms with E-state index in [0.29, 0.717) is 13.0 Å². The molecule has 2 aromatic heterocycles. The van der Waals surface area contributed by atoms with Gasteiger partial charge in [-0.05, 0) is 6.92 Å². The summed E-state index contributed by atoms with van der Waals surface area (Å²) in [5.74, 6) is 0.778. The van der Waals surface area contributed by atoms with Crippen molar-refractivity contribution in [2.75, 3.05) is 12.3 Å². The van der Waals surface area contributed by atoms with Crippen LogP contribution < -0.4 is 5.32 Å². The van der Waals surface area contributed by atoms with Crippen LogP contribution in [0.3, 0.4) is 0 Å². The molecule has 0 bridgehead atoms. The Labute approximate surface area is 154 Å². The Bertz CT molecular complexity index is 844. The second kappa shape index (κ2) is 8.26. The van der Waals surface area contributed by atoms with Crippen molar-refractivity contribution in [2.24, 2.45) is 7.05 Å². The van der Waals surface area contributed by atoms with E-state index in [2.05, 4.69) is 20.5 Å². The predicted molar refractivity (Wildman–Crippen MR) is 101 cm³/mol. The quantitative estimate of drug-likeness (QED) is 0.509. The molecule has 3 aromatic rings. The smallest absolute Gasteiger partial charge is 0.225 e. The van der Waals surface area contributed by atoms with E-state index in [0.717, 1.165) is 32.1 Å². The van der Waals surface area contributed by atoms with Crippen LogP contribution in [-0.2, 0) is 18.3 Å². The zero-order valence-corrected chi connectivity index (χ0v) is 15.7. The summed E-state index contributed by atoms with van der Waals surface area (Å²) in [5, 5.41) is 12.6. The highest BCUT2D eigenvalue weighted by atomic mass is 32.2. The molecule has 6 nitrogen and oxygen atoms in total. The molecule has 1 aromatic carbocycles. The van der Waals surface area contributed by atoms with Gasteiger partial charge in [0.15, 0.2) is 5.16 Å². The third kappa shape index (κ3) is 4.67. The summed E-state index contributed by atoms with van der Waals surface area (Å²) in [6.07, 6.45) is 2.03. The second-order valence-corrected chi connectivity index (χ2v) is 7.64. The number of carbonyl (C=O) groups is 1. The summed E-state index contributed by atoms with van der Waals surface area (Å²) < 4.78 is 1.86. The van der Waals surface area contributed by atoms with Crippen LogP contribution in [0.15, 0.2) is 41.8 Å². The van der Waals surface area contributed by atoms with Gasteiger partial charge in [0.1, 0.15) is 11.3 Å². The lowest BCUT2D eigenvalue weighted by molar-refractivity contribution is -0.120. The van der Waals surface area contributed by atoms with Crippen molar-refractivity contribution in [3.63, 3.8) is 0 Å². The molecule has 0 aliphatic carbocycles. The highest BCUT2D eigenvalue weighted by molar-refractivity contribution is 7.99. The summed E-state index contributed by atoms with van der Waals surface area (Å²) in [5.41, 5.74) is 2.01. The van der Waals surface area contributed by atoms with Crippen molar-refractivity contribution >= 4 is 29.0 Å². The van der Waals surface area contributed by atoms with E-state index < -0.39 is 0 Å². The molecule has 0 unspecified atom stereocenters. The molecule has 8 heteroatoms. The molecule has 0 spiro atoms. The summed E-state index contributed by atoms with van der Waals surface area (Å²) in [6, 6.07) is 10.0. The number of rotatable bonds is 7. The van der Waals surface area contributed by atoms with Gasteiger partial charge in [0.2, 0.25) is 5.91 Å². The van der Waals surface area contributed by atoms with Gasteiger partial charge in [0.25, 0.3) is 0 Å². The second-order valence-electron chi connectivity index (χ2n) is 5.49. The maximum absolute atomic E-state index is 12.2. The molecule has 2 heterocycles. The molecular formula is C17H19N5OS2. The van der Waals surface area contributed by atoms with E-state index in [-0.39, 0.29) is 5.91 Å². The van der Waals surface area contributed by atoms with Crippen LogP contribution in [-0.4, -0.2) is 38.0 Å². The van der Waals surface area contributed by atoms with E-state index in [9.17, 15) is 4.79 Å². The van der Waals surface area contributed by atoms with E-state index in [1.165, 1.54) is 0 Å². The lowest BCUT2D eigenvalue weighted by Gasteiger charge is -2.04. The standard InChI is InChI=1S/C17H19N5OS2/c1-12-14(25-16(20-12)13-6-4-3-5-7-13)10-15(23)18-8-9-24-17-21-19-11-22(17)2/h3-7,11H,8-10H2,1-2H3,(H,18,23). The number of aryl methyl sites for hydroxylation is 2. The monoisotopic (exact) mass is 373 g/mol. The van der Waals surface area contributed by atoms with E-state index in [1.54, 1.807) is 29.4 Å². The summed E-state index contributed by atoms with van der Waals surface area (Å²) in [4.78, 5) is 17.8. The first-order chi connectivity index (χ1) is 12.1. The number of aromatic nitrogens is 4. The molecule has 130 valence electrons. The van der Waals surface area contributed by atoms with Gasteiger partial charge in [-0.25, -0.2) is 4.98 Å². The number of amides is 1. The van der Waals surface area contributed by atoms with Gasteiger partial charge in [-0.2, -0.15) is 0 Å². The topological polar surface area (TPSA) is 72.7 Å². The molecular weight excluding hydrogens is 354 g/mol. The third-order valence-corrected chi connectivity index (χ3v) is 5.80. The Balaban J connectivity index is 1.49. The minimum Gasteiger partial charge on any atom is -0.355 e. The first-order valence-electron chi connectivity index (χ1n) is 7.88. The molecule has 0 radical (unpaired) electrons. The minimum absolute atomic E-state index is 0.0185. The molecule has 0 aliphatic rings. The Kier molecular flexibility index (Phi) is 5.83. The first kappa shape index (κ1) is 17.6. The average molecular weight is 374 g/mol. The lowest BCUT2D eigenvalue weighted by atomic mass is 10.2. The fourth-order valence-corrected chi connectivity index (χ4v) is 4.05. The van der Waals surface area contributed by atoms with Crippen LogP contribution in [0.2, 0.25) is 0 Å².